The van der Waals surface area contributed by atoms with Crippen molar-refractivity contribution in [3.05, 3.63) is 0 Å². The van der Waals surface area contributed by atoms with Crippen LogP contribution in [0.5, 0.6) is 0 Å². The summed E-state index contributed by atoms with van der Waals surface area (Å²) in [6.07, 6.45) is 3.01. The minimum absolute atomic E-state index is 0.0500. The highest BCUT2D eigenvalue weighted by Gasteiger charge is 2.18. The van der Waals surface area contributed by atoms with Crippen LogP contribution in [0, 0.1) is 0 Å². The summed E-state index contributed by atoms with van der Waals surface area (Å²) in [6, 6.07) is 0.573. The molecular formula is C13H30N2O2. The van der Waals surface area contributed by atoms with Crippen molar-refractivity contribution in [2.45, 2.75) is 51.6 Å². The predicted octanol–water partition coefficient (Wildman–Crippen LogP) is 1.22. The van der Waals surface area contributed by atoms with Gasteiger partial charge in [0.1, 0.15) is 0 Å². The minimum Gasteiger partial charge on any atom is -0.394 e. The van der Waals surface area contributed by atoms with Crippen LogP contribution in [0.25, 0.3) is 0 Å². The third-order valence-electron chi connectivity index (χ3n) is 3.35. The molecule has 0 aromatic carbocycles. The third-order valence-corrected chi connectivity index (χ3v) is 3.35. The number of nitrogens with zero attached hydrogens (tertiary/aromatic N) is 1. The van der Waals surface area contributed by atoms with Crippen LogP contribution in [0.15, 0.2) is 0 Å². The zero-order chi connectivity index (χ0) is 13.3. The molecule has 0 bridgehead atoms. The van der Waals surface area contributed by atoms with Crippen molar-refractivity contribution in [3.63, 3.8) is 0 Å². The van der Waals surface area contributed by atoms with Crippen LogP contribution in [-0.2, 0) is 4.74 Å². The lowest BCUT2D eigenvalue weighted by Crippen LogP contribution is -2.42. The number of hydrogen-bond donors (Lipinski definition) is 2. The van der Waals surface area contributed by atoms with Crippen molar-refractivity contribution in [1.29, 1.82) is 0 Å². The van der Waals surface area contributed by atoms with Gasteiger partial charge in [0.05, 0.1) is 13.2 Å². The minimum atomic E-state index is -0.442. The highest BCUT2D eigenvalue weighted by molar-refractivity contribution is 4.78. The van der Waals surface area contributed by atoms with Gasteiger partial charge in [-0.05, 0) is 39.7 Å². The molecule has 2 atom stereocenters. The number of rotatable bonds is 10. The number of nitrogens with two attached hydrogens (primary N) is 1. The van der Waals surface area contributed by atoms with E-state index in [4.69, 9.17) is 15.6 Å². The van der Waals surface area contributed by atoms with Crippen LogP contribution in [0.2, 0.25) is 0 Å². The van der Waals surface area contributed by atoms with Crippen LogP contribution in [0.3, 0.4) is 0 Å². The maximum Gasteiger partial charge on any atom is 0.0608 e. The molecule has 0 aromatic rings. The summed E-state index contributed by atoms with van der Waals surface area (Å²) in [5, 5.41) is 9.10. The number of aliphatic hydroxyl groups excluding tert-OH is 1. The van der Waals surface area contributed by atoms with Crippen molar-refractivity contribution in [3.8, 4) is 0 Å². The molecule has 3 N–H and O–H groups in total. The molecule has 0 aliphatic heterocycles. The first-order valence-corrected chi connectivity index (χ1v) is 6.59. The van der Waals surface area contributed by atoms with Crippen molar-refractivity contribution in [1.82, 2.24) is 4.90 Å². The first kappa shape index (κ1) is 16.8. The molecule has 0 aliphatic carbocycles. The van der Waals surface area contributed by atoms with E-state index < -0.39 is 5.54 Å². The van der Waals surface area contributed by atoms with Crippen molar-refractivity contribution >= 4 is 0 Å². The van der Waals surface area contributed by atoms with E-state index in [9.17, 15) is 0 Å². The molecular weight excluding hydrogens is 216 g/mol. The highest BCUT2D eigenvalue weighted by Crippen LogP contribution is 2.11. The quantitative estimate of drug-likeness (QED) is 0.608. The first-order valence-electron chi connectivity index (χ1n) is 6.59. The van der Waals surface area contributed by atoms with Gasteiger partial charge in [-0.25, -0.2) is 0 Å². The molecule has 0 heterocycles. The average molecular weight is 246 g/mol. The maximum atomic E-state index is 9.10. The molecule has 0 aromatic heterocycles. The Labute approximate surface area is 106 Å². The Kier molecular flexibility index (Phi) is 8.78. The van der Waals surface area contributed by atoms with Crippen LogP contribution < -0.4 is 5.73 Å². The molecule has 0 rings (SSSR count). The molecule has 4 heteroatoms. The molecule has 0 fully saturated rings. The number of aliphatic hydroxyl groups is 1. The molecule has 0 radical (unpaired) electrons. The number of hydrogen-bond acceptors (Lipinski definition) is 4. The fourth-order valence-corrected chi connectivity index (χ4v) is 1.78. The molecule has 4 nitrogen and oxygen atoms in total. The Balaban J connectivity index is 3.98. The van der Waals surface area contributed by atoms with Gasteiger partial charge in [0.25, 0.3) is 0 Å². The van der Waals surface area contributed by atoms with E-state index >= 15 is 0 Å². The summed E-state index contributed by atoms with van der Waals surface area (Å²) >= 11 is 0. The van der Waals surface area contributed by atoms with Gasteiger partial charge >= 0.3 is 0 Å². The molecule has 0 aliphatic rings. The lowest BCUT2D eigenvalue weighted by atomic mass is 9.98. The second-order valence-electron chi connectivity index (χ2n) is 5.20. The Morgan fingerprint density at radius 1 is 1.41 bits per heavy atom. The third kappa shape index (κ3) is 7.71. The van der Waals surface area contributed by atoms with Crippen molar-refractivity contribution in [2.75, 3.05) is 33.4 Å². The Morgan fingerprint density at radius 3 is 2.53 bits per heavy atom. The van der Waals surface area contributed by atoms with Gasteiger partial charge in [-0.3, -0.25) is 4.90 Å². The van der Waals surface area contributed by atoms with Crippen LogP contribution in [0.4, 0.5) is 0 Å². The van der Waals surface area contributed by atoms with E-state index in [0.29, 0.717) is 6.04 Å². The Morgan fingerprint density at radius 2 is 2.06 bits per heavy atom. The lowest BCUT2D eigenvalue weighted by Gasteiger charge is -2.29. The predicted molar refractivity (Wildman–Crippen MR) is 72.1 cm³/mol. The standard InChI is InChI=1S/C13H30N2O2/c1-5-12(2)15(9-10-17-4)8-6-7-13(3,14)11-16/h12,16H,5-11,14H2,1-4H3. The van der Waals surface area contributed by atoms with E-state index in [2.05, 4.69) is 18.7 Å². The van der Waals surface area contributed by atoms with Gasteiger partial charge < -0.3 is 15.6 Å². The zero-order valence-corrected chi connectivity index (χ0v) is 11.9. The molecule has 104 valence electrons. The van der Waals surface area contributed by atoms with Crippen molar-refractivity contribution in [2.24, 2.45) is 5.73 Å². The smallest absolute Gasteiger partial charge is 0.0608 e. The number of methoxy groups -OCH3 is 1. The van der Waals surface area contributed by atoms with E-state index in [1.54, 1.807) is 7.11 Å². The number of ether oxygens (including phenoxy) is 1. The van der Waals surface area contributed by atoms with Crippen LogP contribution in [0.1, 0.15) is 40.0 Å². The van der Waals surface area contributed by atoms with Gasteiger partial charge in [-0.2, -0.15) is 0 Å². The topological polar surface area (TPSA) is 58.7 Å². The normalized spacial score (nSPS) is 17.1. The van der Waals surface area contributed by atoms with Gasteiger partial charge in [-0.15, -0.1) is 0 Å². The monoisotopic (exact) mass is 246 g/mol. The highest BCUT2D eigenvalue weighted by atomic mass is 16.5. The molecule has 17 heavy (non-hydrogen) atoms. The second-order valence-corrected chi connectivity index (χ2v) is 5.20. The largest absolute Gasteiger partial charge is 0.394 e. The average Bonchev–Trinajstić information content (AvgIpc) is 2.32. The molecule has 0 spiro atoms. The fourth-order valence-electron chi connectivity index (χ4n) is 1.78. The van der Waals surface area contributed by atoms with Crippen LogP contribution in [-0.4, -0.2) is 55.0 Å². The summed E-state index contributed by atoms with van der Waals surface area (Å²) in [5.74, 6) is 0. The van der Waals surface area contributed by atoms with Gasteiger partial charge in [0.15, 0.2) is 0 Å². The van der Waals surface area contributed by atoms with Crippen LogP contribution >= 0.6 is 0 Å². The zero-order valence-electron chi connectivity index (χ0n) is 11.9. The van der Waals surface area contributed by atoms with E-state index in [-0.39, 0.29) is 6.61 Å². The molecule has 0 saturated heterocycles. The van der Waals surface area contributed by atoms with E-state index in [1.165, 1.54) is 0 Å². The summed E-state index contributed by atoms with van der Waals surface area (Å²) in [4.78, 5) is 2.43. The summed E-state index contributed by atoms with van der Waals surface area (Å²) in [5.41, 5.74) is 5.48. The van der Waals surface area contributed by atoms with Gasteiger partial charge in [0, 0.05) is 25.2 Å². The second kappa shape index (κ2) is 8.86. The maximum absolute atomic E-state index is 9.10. The van der Waals surface area contributed by atoms with E-state index in [0.717, 1.165) is 39.0 Å². The SMILES string of the molecule is CCC(C)N(CCCC(C)(N)CO)CCOC. The lowest BCUT2D eigenvalue weighted by molar-refractivity contribution is 0.117. The Hall–Kier alpha value is -0.160. The summed E-state index contributed by atoms with van der Waals surface area (Å²) in [6.45, 7) is 9.14. The molecule has 2 unspecified atom stereocenters. The van der Waals surface area contributed by atoms with Crippen molar-refractivity contribution < 1.29 is 9.84 Å². The molecule has 0 saturated carbocycles. The molecule has 0 amide bonds. The summed E-state index contributed by atoms with van der Waals surface area (Å²) < 4.78 is 5.13. The van der Waals surface area contributed by atoms with Gasteiger partial charge in [0.2, 0.25) is 0 Å². The first-order chi connectivity index (χ1) is 7.96. The van der Waals surface area contributed by atoms with E-state index in [1.807, 2.05) is 6.92 Å². The summed E-state index contributed by atoms with van der Waals surface area (Å²) in [7, 11) is 1.73. The fraction of sp³-hybridized carbons (Fsp3) is 1.00. The Bertz CT molecular complexity index is 186. The van der Waals surface area contributed by atoms with Gasteiger partial charge in [-0.1, -0.05) is 6.92 Å².